The molecule has 0 heterocycles. The second kappa shape index (κ2) is 9.87. The highest BCUT2D eigenvalue weighted by Crippen LogP contribution is 2.46. The summed E-state index contributed by atoms with van der Waals surface area (Å²) in [6, 6.07) is 8.97. The fraction of sp³-hybridized carbons (Fsp3) is 0.417. The molecule has 0 aromatic heterocycles. The van der Waals surface area contributed by atoms with Crippen LogP contribution < -0.4 is 24.8 Å². The zero-order chi connectivity index (χ0) is 23.5. The average Bonchev–Trinajstić information content (AvgIpc) is 2.78. The van der Waals surface area contributed by atoms with Gasteiger partial charge in [-0.1, -0.05) is 11.6 Å². The standard InChI is InChI=1S/C24H26ClFN2O5/c1-31-17-7-15(8-18(9-17)32-2)24(30)28-22-11-21(13-5-14(22)6-13)27-23(29)12-33-16-3-4-19(25)20(26)10-16/h3-4,7-10,13-14,21-22H,5-6,11-12H2,1-2H3,(H,27,29)(H,28,30)/t13?,14?,21?,22-/m1/s1. The highest BCUT2D eigenvalue weighted by Gasteiger charge is 2.47. The summed E-state index contributed by atoms with van der Waals surface area (Å²) in [7, 11) is 3.07. The largest absolute Gasteiger partial charge is 0.497 e. The Morgan fingerprint density at radius 2 is 1.58 bits per heavy atom. The fourth-order valence-electron chi connectivity index (χ4n) is 4.53. The van der Waals surface area contributed by atoms with Crippen LogP contribution in [0.3, 0.4) is 0 Å². The van der Waals surface area contributed by atoms with Crippen LogP contribution in [0.5, 0.6) is 17.2 Å². The second-order valence-electron chi connectivity index (χ2n) is 8.45. The molecule has 176 valence electrons. The van der Waals surface area contributed by atoms with Crippen LogP contribution in [0, 0.1) is 17.7 Å². The van der Waals surface area contributed by atoms with Gasteiger partial charge in [-0.3, -0.25) is 9.59 Å². The Balaban J connectivity index is 1.32. The van der Waals surface area contributed by atoms with E-state index in [2.05, 4.69) is 10.6 Å². The number of hydrogen-bond acceptors (Lipinski definition) is 5. The molecule has 2 aromatic carbocycles. The summed E-state index contributed by atoms with van der Waals surface area (Å²) in [5.74, 6) is 0.997. The van der Waals surface area contributed by atoms with Gasteiger partial charge in [0.2, 0.25) is 0 Å². The average molecular weight is 477 g/mol. The van der Waals surface area contributed by atoms with Crippen molar-refractivity contribution in [1.82, 2.24) is 10.6 Å². The number of benzene rings is 2. The predicted molar refractivity (Wildman–Crippen MR) is 120 cm³/mol. The Hall–Kier alpha value is -3.00. The minimum Gasteiger partial charge on any atom is -0.497 e. The second-order valence-corrected chi connectivity index (χ2v) is 8.85. The van der Waals surface area contributed by atoms with Gasteiger partial charge in [0, 0.05) is 29.8 Å². The van der Waals surface area contributed by atoms with Crippen molar-refractivity contribution in [2.75, 3.05) is 20.8 Å². The summed E-state index contributed by atoms with van der Waals surface area (Å²) in [6.07, 6.45) is 2.53. The Labute approximate surface area is 196 Å². The topological polar surface area (TPSA) is 85.9 Å². The van der Waals surface area contributed by atoms with Gasteiger partial charge in [-0.2, -0.15) is 0 Å². The molecule has 3 aliphatic carbocycles. The number of methoxy groups -OCH3 is 2. The monoisotopic (exact) mass is 476 g/mol. The molecule has 1 unspecified atom stereocenters. The molecule has 2 bridgehead atoms. The molecule has 3 fully saturated rings. The number of hydrogen-bond donors (Lipinski definition) is 2. The molecule has 0 aliphatic heterocycles. The van der Waals surface area contributed by atoms with Crippen LogP contribution in [0.15, 0.2) is 36.4 Å². The quantitative estimate of drug-likeness (QED) is 0.608. The van der Waals surface area contributed by atoms with Gasteiger partial charge in [0.25, 0.3) is 11.8 Å². The molecule has 5 rings (SSSR count). The number of ether oxygens (including phenoxy) is 3. The summed E-state index contributed by atoms with van der Waals surface area (Å²) in [4.78, 5) is 25.3. The first-order valence-electron chi connectivity index (χ1n) is 10.8. The lowest BCUT2D eigenvalue weighted by atomic mass is 9.60. The van der Waals surface area contributed by atoms with Crippen molar-refractivity contribution < 1.29 is 28.2 Å². The maximum Gasteiger partial charge on any atom is 0.258 e. The summed E-state index contributed by atoms with van der Waals surface area (Å²) >= 11 is 5.66. The van der Waals surface area contributed by atoms with Crippen molar-refractivity contribution >= 4 is 23.4 Å². The van der Waals surface area contributed by atoms with Crippen LogP contribution in [-0.2, 0) is 4.79 Å². The van der Waals surface area contributed by atoms with E-state index in [0.29, 0.717) is 35.3 Å². The maximum absolute atomic E-state index is 13.5. The van der Waals surface area contributed by atoms with E-state index in [1.54, 1.807) is 18.2 Å². The van der Waals surface area contributed by atoms with Crippen molar-refractivity contribution in [3.05, 3.63) is 52.8 Å². The molecule has 7 nitrogen and oxygen atoms in total. The Morgan fingerprint density at radius 1 is 0.939 bits per heavy atom. The molecule has 3 saturated carbocycles. The van der Waals surface area contributed by atoms with Crippen LogP contribution in [0.2, 0.25) is 5.02 Å². The first-order chi connectivity index (χ1) is 15.9. The van der Waals surface area contributed by atoms with Gasteiger partial charge in [-0.05, 0) is 55.4 Å². The van der Waals surface area contributed by atoms with Gasteiger partial charge in [0.05, 0.1) is 19.2 Å². The van der Waals surface area contributed by atoms with Crippen LogP contribution in [-0.4, -0.2) is 44.7 Å². The number of fused-ring (bicyclic) bond motifs is 2. The lowest BCUT2D eigenvalue weighted by molar-refractivity contribution is -0.125. The Bertz CT molecular complexity index is 1020. The molecule has 2 amide bonds. The van der Waals surface area contributed by atoms with E-state index in [1.165, 1.54) is 26.4 Å². The van der Waals surface area contributed by atoms with E-state index < -0.39 is 5.82 Å². The molecule has 2 atom stereocenters. The van der Waals surface area contributed by atoms with E-state index in [1.807, 2.05) is 0 Å². The van der Waals surface area contributed by atoms with E-state index >= 15 is 0 Å². The highest BCUT2D eigenvalue weighted by atomic mass is 35.5. The van der Waals surface area contributed by atoms with Crippen molar-refractivity contribution in [1.29, 1.82) is 0 Å². The first-order valence-corrected chi connectivity index (χ1v) is 11.1. The molecule has 0 radical (unpaired) electrons. The smallest absolute Gasteiger partial charge is 0.258 e. The zero-order valence-corrected chi connectivity index (χ0v) is 19.2. The lowest BCUT2D eigenvalue weighted by Crippen LogP contribution is -2.60. The first kappa shape index (κ1) is 23.2. The predicted octanol–water partition coefficient (Wildman–Crippen LogP) is 3.59. The summed E-state index contributed by atoms with van der Waals surface area (Å²) in [5.41, 5.74) is 0.455. The summed E-state index contributed by atoms with van der Waals surface area (Å²) < 4.78 is 29.4. The van der Waals surface area contributed by atoms with Crippen LogP contribution in [0.1, 0.15) is 29.6 Å². The van der Waals surface area contributed by atoms with Gasteiger partial charge >= 0.3 is 0 Å². The number of halogens is 2. The third kappa shape index (κ3) is 5.33. The third-order valence-electron chi connectivity index (χ3n) is 6.39. The van der Waals surface area contributed by atoms with Gasteiger partial charge in [-0.25, -0.2) is 4.39 Å². The molecule has 9 heteroatoms. The number of rotatable bonds is 8. The van der Waals surface area contributed by atoms with Crippen molar-refractivity contribution in [2.45, 2.75) is 31.3 Å². The minimum atomic E-state index is -0.602. The van der Waals surface area contributed by atoms with Crippen LogP contribution >= 0.6 is 11.6 Å². The van der Waals surface area contributed by atoms with E-state index in [0.717, 1.165) is 18.9 Å². The lowest BCUT2D eigenvalue weighted by Gasteiger charge is -2.51. The van der Waals surface area contributed by atoms with Crippen LogP contribution in [0.25, 0.3) is 0 Å². The van der Waals surface area contributed by atoms with Gasteiger partial charge in [0.15, 0.2) is 6.61 Å². The molecule has 0 spiro atoms. The zero-order valence-electron chi connectivity index (χ0n) is 18.4. The van der Waals surface area contributed by atoms with Gasteiger partial charge in [-0.15, -0.1) is 0 Å². The van der Waals surface area contributed by atoms with Crippen molar-refractivity contribution in [2.24, 2.45) is 11.8 Å². The SMILES string of the molecule is COc1cc(OC)cc(C(=O)N[C@@H]2CC(NC(=O)COc3ccc(Cl)c(F)c3)C3CC2C3)c1. The molecular weight excluding hydrogens is 451 g/mol. The number of nitrogens with one attached hydrogen (secondary N) is 2. The highest BCUT2D eigenvalue weighted by molar-refractivity contribution is 6.30. The Kier molecular flexibility index (Phi) is 6.93. The minimum absolute atomic E-state index is 0.00553. The van der Waals surface area contributed by atoms with Crippen molar-refractivity contribution in [3.63, 3.8) is 0 Å². The summed E-state index contributed by atoms with van der Waals surface area (Å²) in [6.45, 7) is -0.228. The molecule has 3 aliphatic rings. The Morgan fingerprint density at radius 3 is 2.18 bits per heavy atom. The third-order valence-corrected chi connectivity index (χ3v) is 6.70. The number of carbonyl (C=O) groups excluding carboxylic acids is 2. The van der Waals surface area contributed by atoms with E-state index in [-0.39, 0.29) is 41.3 Å². The maximum atomic E-state index is 13.5. The van der Waals surface area contributed by atoms with Crippen LogP contribution in [0.4, 0.5) is 4.39 Å². The number of carbonyl (C=O) groups is 2. The van der Waals surface area contributed by atoms with Gasteiger partial charge in [0.1, 0.15) is 23.1 Å². The van der Waals surface area contributed by atoms with E-state index in [9.17, 15) is 14.0 Å². The normalized spacial score (nSPS) is 23.2. The molecular formula is C24H26ClFN2O5. The van der Waals surface area contributed by atoms with E-state index in [4.69, 9.17) is 25.8 Å². The van der Waals surface area contributed by atoms with Gasteiger partial charge < -0.3 is 24.8 Å². The fourth-order valence-corrected chi connectivity index (χ4v) is 4.65. The molecule has 2 aromatic rings. The number of amides is 2. The molecule has 2 N–H and O–H groups in total. The molecule has 33 heavy (non-hydrogen) atoms. The molecule has 0 saturated heterocycles. The van der Waals surface area contributed by atoms with Crippen molar-refractivity contribution in [3.8, 4) is 17.2 Å². The summed E-state index contributed by atoms with van der Waals surface area (Å²) in [5, 5.41) is 6.11.